The quantitative estimate of drug-likeness (QED) is 0.870. The summed E-state index contributed by atoms with van der Waals surface area (Å²) in [7, 11) is 0. The van der Waals surface area contributed by atoms with Crippen molar-refractivity contribution < 1.29 is 22.7 Å². The molecule has 1 aromatic carbocycles. The molecule has 0 aromatic heterocycles. The van der Waals surface area contributed by atoms with Gasteiger partial charge < -0.3 is 10.1 Å². The van der Waals surface area contributed by atoms with Crippen LogP contribution in [0.25, 0.3) is 0 Å². The number of ether oxygens (including phenoxy) is 1. The van der Waals surface area contributed by atoms with Gasteiger partial charge in [-0.25, -0.2) is 0 Å². The minimum absolute atomic E-state index is 0.0719. The predicted molar refractivity (Wildman–Crippen MR) is 74.1 cm³/mol. The summed E-state index contributed by atoms with van der Waals surface area (Å²) in [5.41, 5.74) is 0.799. The van der Waals surface area contributed by atoms with E-state index in [1.165, 1.54) is 12.1 Å². The molecule has 0 aliphatic carbocycles. The van der Waals surface area contributed by atoms with Gasteiger partial charge in [0.15, 0.2) is 6.61 Å². The number of amides is 1. The number of rotatable bonds is 5. The molecule has 2 rings (SSSR count). The van der Waals surface area contributed by atoms with Crippen LogP contribution in [0.3, 0.4) is 0 Å². The van der Waals surface area contributed by atoms with Crippen LogP contribution in [0.1, 0.15) is 5.56 Å². The maximum Gasteiger partial charge on any atom is 0.422 e. The van der Waals surface area contributed by atoms with Crippen molar-refractivity contribution in [3.8, 4) is 5.75 Å². The van der Waals surface area contributed by atoms with E-state index in [0.717, 1.165) is 17.2 Å². The smallest absolute Gasteiger partial charge is 0.422 e. The highest BCUT2D eigenvalue weighted by Gasteiger charge is 2.28. The molecular formula is C13H15F3N2O2S. The van der Waals surface area contributed by atoms with Crippen LogP contribution in [0.5, 0.6) is 5.75 Å². The first kappa shape index (κ1) is 16.0. The Morgan fingerprint density at radius 1 is 1.38 bits per heavy atom. The van der Waals surface area contributed by atoms with E-state index in [1.54, 1.807) is 23.9 Å². The Balaban J connectivity index is 1.78. The molecule has 1 aromatic rings. The zero-order valence-electron chi connectivity index (χ0n) is 11.1. The predicted octanol–water partition coefficient (Wildman–Crippen LogP) is 1.91. The van der Waals surface area contributed by atoms with Crippen molar-refractivity contribution in [2.24, 2.45) is 0 Å². The third-order valence-electron chi connectivity index (χ3n) is 2.83. The summed E-state index contributed by atoms with van der Waals surface area (Å²) in [5, 5.41) is 5.84. The van der Waals surface area contributed by atoms with Crippen molar-refractivity contribution in [1.29, 1.82) is 0 Å². The second-order valence-electron chi connectivity index (χ2n) is 4.54. The largest absolute Gasteiger partial charge is 0.484 e. The summed E-state index contributed by atoms with van der Waals surface area (Å²) < 4.78 is 40.6. The van der Waals surface area contributed by atoms with Crippen LogP contribution in [0, 0.1) is 0 Å². The summed E-state index contributed by atoms with van der Waals surface area (Å²) in [6.45, 7) is -0.977. The first-order valence-corrected chi connectivity index (χ1v) is 7.47. The molecule has 1 aliphatic heterocycles. The normalized spacial score (nSPS) is 18.5. The zero-order chi connectivity index (χ0) is 15.3. The molecule has 1 fully saturated rings. The van der Waals surface area contributed by atoms with Gasteiger partial charge in [0.25, 0.3) is 0 Å². The van der Waals surface area contributed by atoms with Crippen molar-refractivity contribution in [2.45, 2.75) is 18.8 Å². The molecule has 0 unspecified atom stereocenters. The Hall–Kier alpha value is -1.41. The minimum atomic E-state index is -4.35. The molecule has 0 bridgehead atoms. The Labute approximate surface area is 124 Å². The monoisotopic (exact) mass is 320 g/mol. The van der Waals surface area contributed by atoms with Gasteiger partial charge in [-0.2, -0.15) is 13.2 Å². The molecule has 116 valence electrons. The van der Waals surface area contributed by atoms with E-state index in [0.29, 0.717) is 6.54 Å². The molecule has 1 amide bonds. The number of alkyl halides is 3. The molecular weight excluding hydrogens is 305 g/mol. The molecule has 2 N–H and O–H groups in total. The number of hydrogen-bond donors (Lipinski definition) is 2. The van der Waals surface area contributed by atoms with Crippen molar-refractivity contribution in [1.82, 2.24) is 10.6 Å². The SMILES string of the molecule is O=C(NCc1ccc(OCC(F)(F)F)cc1)[C@H]1CSCN1. The van der Waals surface area contributed by atoms with Crippen LogP contribution >= 0.6 is 11.8 Å². The van der Waals surface area contributed by atoms with Gasteiger partial charge in [-0.15, -0.1) is 11.8 Å². The molecule has 0 saturated carbocycles. The van der Waals surface area contributed by atoms with Crippen LogP contribution in [-0.2, 0) is 11.3 Å². The lowest BCUT2D eigenvalue weighted by Gasteiger charge is -2.11. The highest BCUT2D eigenvalue weighted by atomic mass is 32.2. The fourth-order valence-corrected chi connectivity index (χ4v) is 2.69. The van der Waals surface area contributed by atoms with Crippen LogP contribution in [0.4, 0.5) is 13.2 Å². The van der Waals surface area contributed by atoms with Crippen LogP contribution in [0.15, 0.2) is 24.3 Å². The highest BCUT2D eigenvalue weighted by molar-refractivity contribution is 7.99. The average molecular weight is 320 g/mol. The van der Waals surface area contributed by atoms with Crippen molar-refractivity contribution >= 4 is 17.7 Å². The number of hydrogen-bond acceptors (Lipinski definition) is 4. The fourth-order valence-electron chi connectivity index (χ4n) is 1.74. The number of thioether (sulfide) groups is 1. The van der Waals surface area contributed by atoms with Crippen molar-refractivity contribution in [3.05, 3.63) is 29.8 Å². The standard InChI is InChI=1S/C13H15F3N2O2S/c14-13(15,16)7-20-10-3-1-9(2-4-10)5-17-12(19)11-6-21-8-18-11/h1-4,11,18H,5-8H2,(H,17,19)/t11-/m1/s1. The molecule has 1 aliphatic rings. The van der Waals surface area contributed by atoms with E-state index in [2.05, 4.69) is 15.4 Å². The van der Waals surface area contributed by atoms with E-state index in [4.69, 9.17) is 0 Å². The molecule has 1 atom stereocenters. The van der Waals surface area contributed by atoms with Gasteiger partial charge in [0.05, 0.1) is 6.04 Å². The zero-order valence-corrected chi connectivity index (χ0v) is 11.9. The Morgan fingerprint density at radius 3 is 2.67 bits per heavy atom. The summed E-state index contributed by atoms with van der Waals surface area (Å²) in [5.74, 6) is 1.59. The van der Waals surface area contributed by atoms with E-state index in [-0.39, 0.29) is 17.7 Å². The van der Waals surface area contributed by atoms with E-state index in [1.807, 2.05) is 0 Å². The molecule has 8 heteroatoms. The van der Waals surface area contributed by atoms with E-state index < -0.39 is 12.8 Å². The summed E-state index contributed by atoms with van der Waals surface area (Å²) in [6.07, 6.45) is -4.35. The first-order valence-electron chi connectivity index (χ1n) is 6.31. The summed E-state index contributed by atoms with van der Waals surface area (Å²) in [6, 6.07) is 5.99. The maximum absolute atomic E-state index is 12.0. The topological polar surface area (TPSA) is 50.4 Å². The molecule has 1 saturated heterocycles. The second kappa shape index (κ2) is 7.04. The van der Waals surface area contributed by atoms with Crippen LogP contribution in [0.2, 0.25) is 0 Å². The lowest BCUT2D eigenvalue weighted by Crippen LogP contribution is -2.41. The number of halogens is 3. The lowest BCUT2D eigenvalue weighted by atomic mass is 10.2. The van der Waals surface area contributed by atoms with Gasteiger partial charge in [-0.3, -0.25) is 10.1 Å². The van der Waals surface area contributed by atoms with Crippen molar-refractivity contribution in [3.63, 3.8) is 0 Å². The number of carbonyl (C=O) groups is 1. The van der Waals surface area contributed by atoms with Gasteiger partial charge in [0.1, 0.15) is 5.75 Å². The number of nitrogens with one attached hydrogen (secondary N) is 2. The van der Waals surface area contributed by atoms with E-state index >= 15 is 0 Å². The molecule has 0 radical (unpaired) electrons. The lowest BCUT2D eigenvalue weighted by molar-refractivity contribution is -0.153. The Morgan fingerprint density at radius 2 is 2.10 bits per heavy atom. The second-order valence-corrected chi connectivity index (χ2v) is 5.57. The van der Waals surface area contributed by atoms with Gasteiger partial charge in [-0.05, 0) is 17.7 Å². The third kappa shape index (κ3) is 5.47. The van der Waals surface area contributed by atoms with Crippen LogP contribution < -0.4 is 15.4 Å². The third-order valence-corrected chi connectivity index (χ3v) is 3.77. The highest BCUT2D eigenvalue weighted by Crippen LogP contribution is 2.18. The number of carbonyl (C=O) groups excluding carboxylic acids is 1. The average Bonchev–Trinajstić information content (AvgIpc) is 2.97. The summed E-state index contributed by atoms with van der Waals surface area (Å²) >= 11 is 1.66. The molecule has 1 heterocycles. The molecule has 4 nitrogen and oxygen atoms in total. The molecule has 0 spiro atoms. The minimum Gasteiger partial charge on any atom is -0.484 e. The summed E-state index contributed by atoms with van der Waals surface area (Å²) in [4.78, 5) is 11.8. The van der Waals surface area contributed by atoms with Gasteiger partial charge in [-0.1, -0.05) is 12.1 Å². The van der Waals surface area contributed by atoms with Gasteiger partial charge in [0.2, 0.25) is 5.91 Å². The van der Waals surface area contributed by atoms with E-state index in [9.17, 15) is 18.0 Å². The fraction of sp³-hybridized carbons (Fsp3) is 0.462. The molecule has 21 heavy (non-hydrogen) atoms. The number of benzene rings is 1. The van der Waals surface area contributed by atoms with Gasteiger partial charge in [0, 0.05) is 18.2 Å². The Kier molecular flexibility index (Phi) is 5.35. The Bertz CT molecular complexity index is 473. The van der Waals surface area contributed by atoms with Crippen LogP contribution in [-0.4, -0.2) is 36.4 Å². The van der Waals surface area contributed by atoms with Gasteiger partial charge >= 0.3 is 6.18 Å². The van der Waals surface area contributed by atoms with Crippen molar-refractivity contribution in [2.75, 3.05) is 18.2 Å². The maximum atomic E-state index is 12.0. The first-order chi connectivity index (χ1) is 9.94.